The lowest BCUT2D eigenvalue weighted by atomic mass is 10.3. The Bertz CT molecular complexity index is 603. The average Bonchev–Trinajstić information content (AvgIpc) is 2.27. The fourth-order valence-electron chi connectivity index (χ4n) is 1.22. The monoisotopic (exact) mass is 270 g/mol. The lowest BCUT2D eigenvalue weighted by molar-refractivity contribution is -0.115. The van der Waals surface area contributed by atoms with Crippen molar-refractivity contribution in [3.63, 3.8) is 0 Å². The van der Waals surface area contributed by atoms with Gasteiger partial charge in [-0.15, -0.1) is 0 Å². The summed E-state index contributed by atoms with van der Waals surface area (Å²) < 4.78 is 36.0. The molecule has 0 aliphatic heterocycles. The molecule has 1 rings (SSSR count). The minimum atomic E-state index is -4.47. The molecule has 0 bridgehead atoms. The predicted molar refractivity (Wildman–Crippen MR) is 61.7 cm³/mol. The summed E-state index contributed by atoms with van der Waals surface area (Å²) in [5.74, 6) is -0.384. The van der Waals surface area contributed by atoms with Gasteiger partial charge in [-0.1, -0.05) is 0 Å². The molecule has 0 saturated carbocycles. The van der Waals surface area contributed by atoms with E-state index in [4.69, 9.17) is 14.6 Å². The second-order valence-electron chi connectivity index (χ2n) is 3.22. The van der Waals surface area contributed by atoms with Crippen molar-refractivity contribution in [3.8, 4) is 11.8 Å². The Morgan fingerprint density at radius 1 is 1.56 bits per heavy atom. The number of nitriles is 1. The zero-order valence-electron chi connectivity index (χ0n) is 9.37. The van der Waals surface area contributed by atoms with E-state index in [1.54, 1.807) is 6.07 Å². The van der Waals surface area contributed by atoms with Crippen molar-refractivity contribution in [1.82, 2.24) is 0 Å². The number of hydrogen-bond acceptors (Lipinski definition) is 5. The topological polar surface area (TPSA) is 116 Å². The van der Waals surface area contributed by atoms with Gasteiger partial charge in [0.25, 0.3) is 10.1 Å². The summed E-state index contributed by atoms with van der Waals surface area (Å²) >= 11 is 0. The minimum absolute atomic E-state index is 0.142. The van der Waals surface area contributed by atoms with Crippen LogP contribution < -0.4 is 10.1 Å². The number of rotatable bonds is 4. The van der Waals surface area contributed by atoms with Gasteiger partial charge < -0.3 is 10.1 Å². The summed E-state index contributed by atoms with van der Waals surface area (Å²) in [5, 5.41) is 10.6. The molecule has 0 saturated heterocycles. The zero-order chi connectivity index (χ0) is 13.8. The van der Waals surface area contributed by atoms with Gasteiger partial charge in [0.2, 0.25) is 5.91 Å². The van der Waals surface area contributed by atoms with Gasteiger partial charge in [-0.2, -0.15) is 13.7 Å². The fraction of sp³-hybridized carbons (Fsp3) is 0.200. The van der Waals surface area contributed by atoms with Crippen molar-refractivity contribution in [3.05, 3.63) is 18.2 Å². The van der Waals surface area contributed by atoms with E-state index in [1.807, 2.05) is 0 Å². The van der Waals surface area contributed by atoms with E-state index in [1.165, 1.54) is 19.2 Å². The van der Waals surface area contributed by atoms with Crippen molar-refractivity contribution < 1.29 is 22.5 Å². The first-order valence-corrected chi connectivity index (χ1v) is 6.15. The van der Waals surface area contributed by atoms with Crippen LogP contribution in [0.4, 0.5) is 5.69 Å². The van der Waals surface area contributed by atoms with E-state index in [0.717, 1.165) is 6.07 Å². The summed E-state index contributed by atoms with van der Waals surface area (Å²) in [4.78, 5) is 10.8. The maximum absolute atomic E-state index is 11.2. The fourth-order valence-corrected chi connectivity index (χ4v) is 1.85. The van der Waals surface area contributed by atoms with Crippen LogP contribution in [0, 0.1) is 11.3 Å². The van der Waals surface area contributed by atoms with Crippen molar-refractivity contribution >= 4 is 21.7 Å². The van der Waals surface area contributed by atoms with E-state index in [9.17, 15) is 13.2 Å². The molecule has 0 aliphatic rings. The first kappa shape index (κ1) is 14.0. The Morgan fingerprint density at radius 3 is 2.72 bits per heavy atom. The van der Waals surface area contributed by atoms with Crippen LogP contribution in [0.3, 0.4) is 0 Å². The van der Waals surface area contributed by atoms with Gasteiger partial charge in [-0.3, -0.25) is 9.35 Å². The highest BCUT2D eigenvalue weighted by Crippen LogP contribution is 2.26. The molecule has 1 aromatic carbocycles. The summed E-state index contributed by atoms with van der Waals surface area (Å²) in [6, 6.07) is 5.27. The first-order chi connectivity index (χ1) is 8.38. The maximum Gasteiger partial charge on any atom is 0.296 e. The standard InChI is InChI=1S/C10H10N2O5S/c1-17-7-2-3-9(18(14,15)16)8(6-7)12-10(13)4-5-11/h2-3,6H,4H2,1H3,(H,12,13)(H,14,15,16). The summed E-state index contributed by atoms with van der Waals surface area (Å²) in [7, 11) is -3.11. The van der Waals surface area contributed by atoms with Gasteiger partial charge in [-0.05, 0) is 12.1 Å². The van der Waals surface area contributed by atoms with Gasteiger partial charge in [0.15, 0.2) is 0 Å². The molecule has 0 aromatic heterocycles. The third kappa shape index (κ3) is 3.44. The lowest BCUT2D eigenvalue weighted by Gasteiger charge is -2.09. The third-order valence-electron chi connectivity index (χ3n) is 1.98. The number of nitrogens with one attached hydrogen (secondary N) is 1. The number of amides is 1. The second kappa shape index (κ2) is 5.48. The van der Waals surface area contributed by atoms with Gasteiger partial charge in [-0.25, -0.2) is 0 Å². The van der Waals surface area contributed by atoms with Crippen LogP contribution in [0.25, 0.3) is 0 Å². The largest absolute Gasteiger partial charge is 0.497 e. The van der Waals surface area contributed by atoms with E-state index >= 15 is 0 Å². The van der Waals surface area contributed by atoms with Crippen LogP contribution in [0.1, 0.15) is 6.42 Å². The van der Waals surface area contributed by atoms with Crippen LogP contribution in [-0.4, -0.2) is 26.0 Å². The molecule has 1 amide bonds. The first-order valence-electron chi connectivity index (χ1n) is 4.71. The molecule has 2 N–H and O–H groups in total. The molecular formula is C10H10N2O5S. The van der Waals surface area contributed by atoms with Crippen molar-refractivity contribution in [2.45, 2.75) is 11.3 Å². The highest BCUT2D eigenvalue weighted by atomic mass is 32.2. The molecule has 0 heterocycles. The Kier molecular flexibility index (Phi) is 4.25. The molecule has 7 nitrogen and oxygen atoms in total. The van der Waals surface area contributed by atoms with E-state index in [-0.39, 0.29) is 5.69 Å². The number of carbonyl (C=O) groups is 1. The van der Waals surface area contributed by atoms with Gasteiger partial charge >= 0.3 is 0 Å². The maximum atomic E-state index is 11.2. The Labute approximate surface area is 104 Å². The molecule has 96 valence electrons. The molecule has 0 atom stereocenters. The molecule has 0 radical (unpaired) electrons. The highest BCUT2D eigenvalue weighted by Gasteiger charge is 2.17. The summed E-state index contributed by atoms with van der Waals surface area (Å²) in [6.07, 6.45) is -0.428. The van der Waals surface area contributed by atoms with Crippen LogP contribution in [0.5, 0.6) is 5.75 Å². The smallest absolute Gasteiger partial charge is 0.296 e. The molecule has 8 heteroatoms. The third-order valence-corrected chi connectivity index (χ3v) is 2.89. The molecule has 0 unspecified atom stereocenters. The Morgan fingerprint density at radius 2 is 2.22 bits per heavy atom. The molecule has 0 fully saturated rings. The van der Waals surface area contributed by atoms with Crippen LogP contribution in [0.15, 0.2) is 23.1 Å². The Hall–Kier alpha value is -2.11. The molecule has 1 aromatic rings. The highest BCUT2D eigenvalue weighted by molar-refractivity contribution is 7.86. The molecule has 18 heavy (non-hydrogen) atoms. The number of methoxy groups -OCH3 is 1. The normalized spacial score (nSPS) is 10.5. The quantitative estimate of drug-likeness (QED) is 0.781. The van der Waals surface area contributed by atoms with E-state index in [2.05, 4.69) is 5.32 Å². The predicted octanol–water partition coefficient (Wildman–Crippen LogP) is 0.794. The number of ether oxygens (including phenoxy) is 1. The SMILES string of the molecule is COc1ccc(S(=O)(=O)O)c(NC(=O)CC#N)c1. The van der Waals surface area contributed by atoms with E-state index < -0.39 is 27.3 Å². The van der Waals surface area contributed by atoms with Crippen LogP contribution in [-0.2, 0) is 14.9 Å². The minimum Gasteiger partial charge on any atom is -0.497 e. The lowest BCUT2D eigenvalue weighted by Crippen LogP contribution is -2.13. The Balaban J connectivity index is 3.21. The van der Waals surface area contributed by atoms with Crippen molar-refractivity contribution in [2.24, 2.45) is 0 Å². The van der Waals surface area contributed by atoms with Gasteiger partial charge in [0.05, 0.1) is 18.9 Å². The molecular weight excluding hydrogens is 260 g/mol. The number of hydrogen-bond donors (Lipinski definition) is 2. The molecule has 0 aliphatic carbocycles. The van der Waals surface area contributed by atoms with Crippen molar-refractivity contribution in [1.29, 1.82) is 5.26 Å². The van der Waals surface area contributed by atoms with Crippen molar-refractivity contribution in [2.75, 3.05) is 12.4 Å². The van der Waals surface area contributed by atoms with E-state index in [0.29, 0.717) is 5.75 Å². The van der Waals surface area contributed by atoms with Crippen LogP contribution in [0.2, 0.25) is 0 Å². The summed E-state index contributed by atoms with van der Waals surface area (Å²) in [5.41, 5.74) is -0.142. The van der Waals surface area contributed by atoms with Gasteiger partial charge in [0, 0.05) is 6.07 Å². The molecule has 0 spiro atoms. The summed E-state index contributed by atoms with van der Waals surface area (Å²) in [6.45, 7) is 0. The number of anilines is 1. The number of benzene rings is 1. The number of carbonyl (C=O) groups excluding carboxylic acids is 1. The van der Waals surface area contributed by atoms with Gasteiger partial charge in [0.1, 0.15) is 17.1 Å². The average molecular weight is 270 g/mol. The number of nitrogens with zero attached hydrogens (tertiary/aromatic N) is 1. The van der Waals surface area contributed by atoms with Crippen LogP contribution >= 0.6 is 0 Å². The zero-order valence-corrected chi connectivity index (χ0v) is 10.2. The second-order valence-corrected chi connectivity index (χ2v) is 4.61.